The molecule has 0 aliphatic heterocycles. The van der Waals surface area contributed by atoms with Crippen LogP contribution in [0.1, 0.15) is 23.8 Å². The lowest BCUT2D eigenvalue weighted by atomic mass is 10.3. The van der Waals surface area contributed by atoms with Gasteiger partial charge >= 0.3 is 5.97 Å². The van der Waals surface area contributed by atoms with Gasteiger partial charge in [-0.05, 0) is 24.3 Å². The summed E-state index contributed by atoms with van der Waals surface area (Å²) < 4.78 is 0. The van der Waals surface area contributed by atoms with Crippen LogP contribution in [0.3, 0.4) is 0 Å². The van der Waals surface area contributed by atoms with E-state index in [0.717, 1.165) is 17.1 Å². The first-order valence-electron chi connectivity index (χ1n) is 4.06. The molecule has 0 radical (unpaired) electrons. The molecular formula is C9H11NO2S. The van der Waals surface area contributed by atoms with Crippen molar-refractivity contribution in [1.29, 1.82) is 0 Å². The summed E-state index contributed by atoms with van der Waals surface area (Å²) in [7, 11) is 0. The van der Waals surface area contributed by atoms with Crippen LogP contribution in [-0.4, -0.2) is 21.8 Å². The molecule has 70 valence electrons. The highest BCUT2D eigenvalue weighted by Crippen LogP contribution is 2.18. The van der Waals surface area contributed by atoms with Crippen molar-refractivity contribution in [3.63, 3.8) is 0 Å². The van der Waals surface area contributed by atoms with Crippen LogP contribution in [0.25, 0.3) is 0 Å². The molecule has 3 nitrogen and oxygen atoms in total. The fraction of sp³-hybridized carbons (Fsp3) is 0.333. The number of thioether (sulfide) groups is 1. The fourth-order valence-corrected chi connectivity index (χ4v) is 1.63. The maximum atomic E-state index is 10.6. The Morgan fingerprint density at radius 1 is 1.69 bits per heavy atom. The Kier molecular flexibility index (Phi) is 3.76. The highest BCUT2D eigenvalue weighted by molar-refractivity contribution is 7.99. The first-order valence-corrected chi connectivity index (χ1v) is 5.04. The lowest BCUT2D eigenvalue weighted by Crippen LogP contribution is -1.99. The minimum atomic E-state index is -0.973. The molecular weight excluding hydrogens is 186 g/mol. The Morgan fingerprint density at radius 3 is 3.08 bits per heavy atom. The third-order valence-electron chi connectivity index (χ3n) is 1.42. The second-order valence-corrected chi connectivity index (χ2v) is 3.70. The largest absolute Gasteiger partial charge is 0.477 e. The maximum Gasteiger partial charge on any atom is 0.354 e. The van der Waals surface area contributed by atoms with Gasteiger partial charge in [0.25, 0.3) is 0 Å². The van der Waals surface area contributed by atoms with E-state index in [9.17, 15) is 4.79 Å². The Bertz CT molecular complexity index is 301. The van der Waals surface area contributed by atoms with Crippen LogP contribution in [0.2, 0.25) is 0 Å². The number of carboxylic acids is 1. The van der Waals surface area contributed by atoms with E-state index in [2.05, 4.69) is 11.9 Å². The molecule has 0 aliphatic carbocycles. The highest BCUT2D eigenvalue weighted by Gasteiger charge is 2.04. The smallest absolute Gasteiger partial charge is 0.354 e. The van der Waals surface area contributed by atoms with E-state index in [-0.39, 0.29) is 5.69 Å². The number of aromatic carboxylic acids is 1. The van der Waals surface area contributed by atoms with E-state index in [1.165, 1.54) is 6.20 Å². The third kappa shape index (κ3) is 3.06. The average molecular weight is 197 g/mol. The molecule has 13 heavy (non-hydrogen) atoms. The van der Waals surface area contributed by atoms with E-state index in [0.29, 0.717) is 0 Å². The minimum absolute atomic E-state index is 0.112. The number of rotatable bonds is 4. The number of carbonyl (C=O) groups is 1. The molecule has 0 unspecified atom stereocenters. The van der Waals surface area contributed by atoms with Gasteiger partial charge in [0.05, 0.1) is 0 Å². The Balaban J connectivity index is 2.73. The van der Waals surface area contributed by atoms with Crippen LogP contribution in [0, 0.1) is 0 Å². The van der Waals surface area contributed by atoms with Crippen LogP contribution >= 0.6 is 11.8 Å². The Morgan fingerprint density at radius 2 is 2.46 bits per heavy atom. The van der Waals surface area contributed by atoms with E-state index >= 15 is 0 Å². The summed E-state index contributed by atoms with van der Waals surface area (Å²) in [5, 5.41) is 8.66. The molecule has 0 spiro atoms. The van der Waals surface area contributed by atoms with E-state index in [4.69, 9.17) is 5.11 Å². The molecule has 0 atom stereocenters. The summed E-state index contributed by atoms with van der Waals surface area (Å²) in [6.45, 7) is 2.09. The molecule has 1 rings (SSSR count). The van der Waals surface area contributed by atoms with Crippen molar-refractivity contribution in [2.24, 2.45) is 0 Å². The normalized spacial score (nSPS) is 9.92. The molecule has 0 amide bonds. The van der Waals surface area contributed by atoms with Crippen molar-refractivity contribution in [1.82, 2.24) is 4.98 Å². The zero-order valence-corrected chi connectivity index (χ0v) is 8.17. The van der Waals surface area contributed by atoms with Crippen LogP contribution in [0.15, 0.2) is 23.2 Å². The molecule has 0 saturated carbocycles. The maximum absolute atomic E-state index is 10.6. The van der Waals surface area contributed by atoms with Gasteiger partial charge in [0.2, 0.25) is 0 Å². The summed E-state index contributed by atoms with van der Waals surface area (Å²) in [5.41, 5.74) is 0.112. The zero-order chi connectivity index (χ0) is 9.68. The molecule has 1 aromatic heterocycles. The van der Waals surface area contributed by atoms with Gasteiger partial charge in [0.15, 0.2) is 0 Å². The monoisotopic (exact) mass is 197 g/mol. The van der Waals surface area contributed by atoms with Gasteiger partial charge in [-0.25, -0.2) is 9.78 Å². The quantitative estimate of drug-likeness (QED) is 0.752. The molecule has 0 fully saturated rings. The number of hydrogen-bond donors (Lipinski definition) is 1. The van der Waals surface area contributed by atoms with Gasteiger partial charge in [-0.3, -0.25) is 0 Å². The first kappa shape index (κ1) is 10.1. The summed E-state index contributed by atoms with van der Waals surface area (Å²) in [5.74, 6) is 0.0299. The van der Waals surface area contributed by atoms with Crippen molar-refractivity contribution in [2.75, 3.05) is 5.75 Å². The predicted octanol–water partition coefficient (Wildman–Crippen LogP) is 2.28. The standard InChI is InChI=1S/C9H11NO2S/c1-2-5-13-7-3-4-10-8(6-7)9(11)12/h3-4,6H,2,5H2,1H3,(H,11,12). The first-order chi connectivity index (χ1) is 6.24. The van der Waals surface area contributed by atoms with Crippen molar-refractivity contribution < 1.29 is 9.90 Å². The van der Waals surface area contributed by atoms with E-state index in [1.807, 2.05) is 6.07 Å². The summed E-state index contributed by atoms with van der Waals surface area (Å²) >= 11 is 1.65. The van der Waals surface area contributed by atoms with Crippen molar-refractivity contribution in [3.8, 4) is 0 Å². The summed E-state index contributed by atoms with van der Waals surface area (Å²) in [6.07, 6.45) is 2.61. The predicted molar refractivity (Wildman–Crippen MR) is 52.2 cm³/mol. The second kappa shape index (κ2) is 4.87. The molecule has 0 bridgehead atoms. The lowest BCUT2D eigenvalue weighted by molar-refractivity contribution is 0.0690. The van der Waals surface area contributed by atoms with Crippen LogP contribution < -0.4 is 0 Å². The van der Waals surface area contributed by atoms with E-state index < -0.39 is 5.97 Å². The molecule has 0 saturated heterocycles. The topological polar surface area (TPSA) is 50.2 Å². The van der Waals surface area contributed by atoms with Gasteiger partial charge in [-0.1, -0.05) is 6.92 Å². The SMILES string of the molecule is CCCSc1ccnc(C(=O)O)c1. The van der Waals surface area contributed by atoms with Crippen LogP contribution in [0.5, 0.6) is 0 Å². The van der Waals surface area contributed by atoms with Gasteiger partial charge < -0.3 is 5.11 Å². The number of pyridine rings is 1. The van der Waals surface area contributed by atoms with Crippen LogP contribution in [-0.2, 0) is 0 Å². The number of aromatic nitrogens is 1. The van der Waals surface area contributed by atoms with Crippen molar-refractivity contribution in [2.45, 2.75) is 18.2 Å². The molecule has 0 aliphatic rings. The lowest BCUT2D eigenvalue weighted by Gasteiger charge is -1.99. The Hall–Kier alpha value is -1.03. The van der Waals surface area contributed by atoms with Gasteiger partial charge in [-0.15, -0.1) is 11.8 Å². The van der Waals surface area contributed by atoms with Gasteiger partial charge in [0, 0.05) is 11.1 Å². The van der Waals surface area contributed by atoms with Crippen LogP contribution in [0.4, 0.5) is 0 Å². The van der Waals surface area contributed by atoms with Gasteiger partial charge in [0.1, 0.15) is 5.69 Å². The number of hydrogen-bond acceptors (Lipinski definition) is 3. The molecule has 0 aromatic carbocycles. The Labute approximate surface area is 81.2 Å². The average Bonchev–Trinajstić information content (AvgIpc) is 2.15. The number of nitrogens with zero attached hydrogens (tertiary/aromatic N) is 1. The fourth-order valence-electron chi connectivity index (χ4n) is 0.838. The summed E-state index contributed by atoms with van der Waals surface area (Å²) in [6, 6.07) is 3.43. The van der Waals surface area contributed by atoms with E-state index in [1.54, 1.807) is 17.8 Å². The number of carboxylic acid groups (broad SMARTS) is 1. The van der Waals surface area contributed by atoms with Crippen molar-refractivity contribution in [3.05, 3.63) is 24.0 Å². The molecule has 1 N–H and O–H groups in total. The molecule has 1 aromatic rings. The highest BCUT2D eigenvalue weighted by atomic mass is 32.2. The van der Waals surface area contributed by atoms with Gasteiger partial charge in [-0.2, -0.15) is 0 Å². The molecule has 4 heteroatoms. The second-order valence-electron chi connectivity index (χ2n) is 2.53. The van der Waals surface area contributed by atoms with Crippen molar-refractivity contribution >= 4 is 17.7 Å². The molecule has 1 heterocycles. The minimum Gasteiger partial charge on any atom is -0.477 e. The zero-order valence-electron chi connectivity index (χ0n) is 7.36. The summed E-state index contributed by atoms with van der Waals surface area (Å²) in [4.78, 5) is 15.3. The third-order valence-corrected chi connectivity index (χ3v) is 2.62.